The first-order valence-electron chi connectivity index (χ1n) is 4.02. The lowest BCUT2D eigenvalue weighted by Gasteiger charge is -2.31. The van der Waals surface area contributed by atoms with Crippen LogP contribution >= 0.6 is 11.9 Å². The summed E-state index contributed by atoms with van der Waals surface area (Å²) in [7, 11) is 0. The molecule has 1 saturated heterocycles. The molecule has 1 fully saturated rings. The van der Waals surface area contributed by atoms with Gasteiger partial charge in [0.25, 0.3) is 0 Å². The molecular formula is C8H13NS. The predicted molar refractivity (Wildman–Crippen MR) is 45.9 cm³/mol. The van der Waals surface area contributed by atoms with Crippen molar-refractivity contribution in [3.8, 4) is 0 Å². The third-order valence-corrected chi connectivity index (χ3v) is 3.52. The zero-order valence-electron chi connectivity index (χ0n) is 6.05. The van der Waals surface area contributed by atoms with Gasteiger partial charge in [0.05, 0.1) is 0 Å². The van der Waals surface area contributed by atoms with E-state index in [0.29, 0.717) is 0 Å². The van der Waals surface area contributed by atoms with Crippen molar-refractivity contribution in [2.75, 3.05) is 6.54 Å². The number of fused-ring (bicyclic) bond motifs is 1. The summed E-state index contributed by atoms with van der Waals surface area (Å²) >= 11 is 1.91. The summed E-state index contributed by atoms with van der Waals surface area (Å²) in [5.41, 5.74) is 0. The molecule has 1 nitrogen and oxygen atoms in total. The monoisotopic (exact) mass is 155 g/mol. The summed E-state index contributed by atoms with van der Waals surface area (Å²) in [5.74, 6) is 0.969. The summed E-state index contributed by atoms with van der Waals surface area (Å²) in [6, 6.07) is 0. The molecular weight excluding hydrogens is 142 g/mol. The molecule has 2 rings (SSSR count). The number of rotatable bonds is 0. The van der Waals surface area contributed by atoms with Crippen molar-refractivity contribution in [1.29, 1.82) is 0 Å². The fourth-order valence-corrected chi connectivity index (χ4v) is 2.79. The average Bonchev–Trinajstić information content (AvgIpc) is 2.05. The van der Waals surface area contributed by atoms with Gasteiger partial charge in [0.1, 0.15) is 0 Å². The molecule has 2 unspecified atom stereocenters. The molecule has 0 amide bonds. The standard InChI is InChI=1S/C8H13NS/c1-2-4-8-7(3-1)5-6-9-10-8/h2,4,7-9H,1,3,5-6H2. The van der Waals surface area contributed by atoms with Crippen molar-refractivity contribution in [2.24, 2.45) is 5.92 Å². The van der Waals surface area contributed by atoms with E-state index in [2.05, 4.69) is 16.9 Å². The fourth-order valence-electron chi connectivity index (χ4n) is 1.71. The predicted octanol–water partition coefficient (Wildman–Crippen LogP) is 1.96. The van der Waals surface area contributed by atoms with Crippen molar-refractivity contribution >= 4 is 11.9 Å². The SMILES string of the molecule is C1=CC2SNCCC2CC1. The van der Waals surface area contributed by atoms with Crippen LogP contribution in [-0.4, -0.2) is 11.8 Å². The van der Waals surface area contributed by atoms with Crippen molar-refractivity contribution < 1.29 is 0 Å². The Morgan fingerprint density at radius 1 is 1.40 bits per heavy atom. The minimum absolute atomic E-state index is 0.780. The molecule has 0 aromatic heterocycles. The topological polar surface area (TPSA) is 12.0 Å². The highest BCUT2D eigenvalue weighted by molar-refractivity contribution is 7.98. The van der Waals surface area contributed by atoms with Gasteiger partial charge in [-0.2, -0.15) is 0 Å². The molecule has 10 heavy (non-hydrogen) atoms. The minimum atomic E-state index is 0.780. The summed E-state index contributed by atoms with van der Waals surface area (Å²) in [6.07, 6.45) is 8.78. The van der Waals surface area contributed by atoms with E-state index in [1.54, 1.807) is 0 Å². The maximum absolute atomic E-state index is 3.35. The Balaban J connectivity index is 2.03. The highest BCUT2D eigenvalue weighted by atomic mass is 32.2. The Labute approximate surface area is 66.4 Å². The Morgan fingerprint density at radius 2 is 2.40 bits per heavy atom. The van der Waals surface area contributed by atoms with Gasteiger partial charge in [-0.05, 0) is 25.2 Å². The van der Waals surface area contributed by atoms with E-state index in [4.69, 9.17) is 0 Å². The quantitative estimate of drug-likeness (QED) is 0.424. The first kappa shape index (κ1) is 6.74. The van der Waals surface area contributed by atoms with Crippen LogP contribution in [0.2, 0.25) is 0 Å². The Bertz CT molecular complexity index is 144. The second-order valence-corrected chi connectivity index (χ2v) is 4.10. The molecule has 56 valence electrons. The van der Waals surface area contributed by atoms with Crippen LogP contribution in [0.3, 0.4) is 0 Å². The second-order valence-electron chi connectivity index (χ2n) is 3.03. The third kappa shape index (κ3) is 1.23. The van der Waals surface area contributed by atoms with E-state index < -0.39 is 0 Å². The molecule has 1 N–H and O–H groups in total. The largest absolute Gasteiger partial charge is 0.264 e. The van der Waals surface area contributed by atoms with Crippen LogP contribution in [0.1, 0.15) is 19.3 Å². The van der Waals surface area contributed by atoms with Gasteiger partial charge < -0.3 is 0 Å². The zero-order valence-corrected chi connectivity index (χ0v) is 6.86. The second kappa shape index (κ2) is 2.97. The molecule has 2 aliphatic rings. The number of hydrogen-bond donors (Lipinski definition) is 1. The van der Waals surface area contributed by atoms with E-state index in [0.717, 1.165) is 11.2 Å². The maximum atomic E-state index is 3.35. The number of allylic oxidation sites excluding steroid dienone is 1. The molecule has 0 radical (unpaired) electrons. The van der Waals surface area contributed by atoms with Gasteiger partial charge in [0.15, 0.2) is 0 Å². The summed E-state index contributed by atoms with van der Waals surface area (Å²) in [6.45, 7) is 1.21. The van der Waals surface area contributed by atoms with Gasteiger partial charge in [-0.25, -0.2) is 0 Å². The van der Waals surface area contributed by atoms with Crippen LogP contribution in [-0.2, 0) is 0 Å². The van der Waals surface area contributed by atoms with Crippen LogP contribution in [0.5, 0.6) is 0 Å². The summed E-state index contributed by atoms with van der Waals surface area (Å²) in [5, 5.41) is 0.780. The number of nitrogens with one attached hydrogen (secondary N) is 1. The van der Waals surface area contributed by atoms with Crippen LogP contribution in [0, 0.1) is 5.92 Å². The molecule has 0 saturated carbocycles. The van der Waals surface area contributed by atoms with E-state index in [9.17, 15) is 0 Å². The van der Waals surface area contributed by atoms with E-state index in [-0.39, 0.29) is 0 Å². The Kier molecular flexibility index (Phi) is 2.00. The Morgan fingerprint density at radius 3 is 3.30 bits per heavy atom. The van der Waals surface area contributed by atoms with Crippen molar-refractivity contribution in [1.82, 2.24) is 4.72 Å². The van der Waals surface area contributed by atoms with Crippen LogP contribution in [0.25, 0.3) is 0 Å². The normalized spacial score (nSPS) is 39.2. The number of hydrogen-bond acceptors (Lipinski definition) is 2. The maximum Gasteiger partial charge on any atom is 0.0401 e. The van der Waals surface area contributed by atoms with Crippen LogP contribution in [0.4, 0.5) is 0 Å². The van der Waals surface area contributed by atoms with Gasteiger partial charge in [-0.3, -0.25) is 4.72 Å². The zero-order chi connectivity index (χ0) is 6.81. The van der Waals surface area contributed by atoms with Gasteiger partial charge in [-0.15, -0.1) is 0 Å². The third-order valence-electron chi connectivity index (χ3n) is 2.33. The van der Waals surface area contributed by atoms with Gasteiger partial charge in [0.2, 0.25) is 0 Å². The molecule has 1 aliphatic carbocycles. The molecule has 0 aromatic rings. The molecule has 0 bridgehead atoms. The van der Waals surface area contributed by atoms with Crippen molar-refractivity contribution in [3.05, 3.63) is 12.2 Å². The van der Waals surface area contributed by atoms with Gasteiger partial charge in [0, 0.05) is 11.8 Å². The highest BCUT2D eigenvalue weighted by Gasteiger charge is 2.24. The smallest absolute Gasteiger partial charge is 0.0401 e. The first-order chi connectivity index (χ1) is 4.97. The molecule has 1 aliphatic heterocycles. The highest BCUT2D eigenvalue weighted by Crippen LogP contribution is 2.32. The summed E-state index contributed by atoms with van der Waals surface area (Å²) in [4.78, 5) is 0. The molecule has 0 aromatic carbocycles. The lowest BCUT2D eigenvalue weighted by molar-refractivity contribution is 0.441. The lowest BCUT2D eigenvalue weighted by Crippen LogP contribution is -2.30. The van der Waals surface area contributed by atoms with E-state index >= 15 is 0 Å². The van der Waals surface area contributed by atoms with Crippen molar-refractivity contribution in [3.63, 3.8) is 0 Å². The molecule has 2 heteroatoms. The minimum Gasteiger partial charge on any atom is -0.264 e. The van der Waals surface area contributed by atoms with Gasteiger partial charge >= 0.3 is 0 Å². The van der Waals surface area contributed by atoms with Crippen LogP contribution < -0.4 is 4.72 Å². The lowest BCUT2D eigenvalue weighted by atomic mass is 9.91. The van der Waals surface area contributed by atoms with E-state index in [1.807, 2.05) is 11.9 Å². The Hall–Kier alpha value is 0.0500. The molecule has 1 heterocycles. The average molecular weight is 155 g/mol. The fraction of sp³-hybridized carbons (Fsp3) is 0.750. The first-order valence-corrected chi connectivity index (χ1v) is 4.90. The summed E-state index contributed by atoms with van der Waals surface area (Å²) < 4.78 is 3.35. The molecule has 0 spiro atoms. The van der Waals surface area contributed by atoms with Gasteiger partial charge in [-0.1, -0.05) is 24.1 Å². The molecule has 2 atom stereocenters. The van der Waals surface area contributed by atoms with Crippen LogP contribution in [0.15, 0.2) is 12.2 Å². The van der Waals surface area contributed by atoms with Crippen molar-refractivity contribution in [2.45, 2.75) is 24.5 Å². The van der Waals surface area contributed by atoms with E-state index in [1.165, 1.54) is 25.8 Å².